The van der Waals surface area contributed by atoms with Crippen molar-refractivity contribution in [2.24, 2.45) is 5.41 Å². The van der Waals surface area contributed by atoms with Crippen molar-refractivity contribution in [1.82, 2.24) is 4.90 Å². The third kappa shape index (κ3) is 2.15. The molecule has 0 N–H and O–H groups in total. The van der Waals surface area contributed by atoms with Gasteiger partial charge in [0, 0.05) is 11.6 Å². The van der Waals surface area contributed by atoms with Crippen molar-refractivity contribution in [3.05, 3.63) is 12.3 Å². The maximum Gasteiger partial charge on any atom is 0.251 e. The molecule has 1 heterocycles. The number of carbonyl (C=O) groups is 2. The Morgan fingerprint density at radius 3 is 2.64 bits per heavy atom. The zero-order valence-electron chi connectivity index (χ0n) is 8.58. The van der Waals surface area contributed by atoms with Crippen LogP contribution in [0.25, 0.3) is 0 Å². The highest BCUT2D eigenvalue weighted by Gasteiger charge is 2.34. The quantitative estimate of drug-likeness (QED) is 0.579. The predicted octanol–water partition coefficient (Wildman–Crippen LogP) is 1.91. The summed E-state index contributed by atoms with van der Waals surface area (Å²) in [5, 5.41) is -0.605. The molecule has 14 heavy (non-hydrogen) atoms. The average Bonchev–Trinajstić information content (AvgIpc) is 2.07. The Kier molecular flexibility index (Phi) is 3.00. The number of allylic oxidation sites excluding steroid dienone is 1. The Hall–Kier alpha value is -0.830. The van der Waals surface area contributed by atoms with Crippen molar-refractivity contribution in [1.29, 1.82) is 0 Å². The fourth-order valence-electron chi connectivity index (χ4n) is 1.14. The lowest BCUT2D eigenvalue weighted by Crippen LogP contribution is -2.44. The Labute approximate surface area is 88.7 Å². The summed E-state index contributed by atoms with van der Waals surface area (Å²) in [6.45, 7) is 5.32. The van der Waals surface area contributed by atoms with E-state index in [1.807, 2.05) is 0 Å². The van der Waals surface area contributed by atoms with Gasteiger partial charge >= 0.3 is 0 Å². The molecule has 1 atom stereocenters. The van der Waals surface area contributed by atoms with Crippen LogP contribution in [0.2, 0.25) is 0 Å². The molecule has 2 amide bonds. The van der Waals surface area contributed by atoms with E-state index in [1.165, 1.54) is 6.20 Å². The molecular weight excluding hydrogens is 202 g/mol. The summed E-state index contributed by atoms with van der Waals surface area (Å²) in [5.74, 6) is -0.543. The van der Waals surface area contributed by atoms with Gasteiger partial charge in [0.15, 0.2) is 0 Å². The lowest BCUT2D eigenvalue weighted by molar-refractivity contribution is -0.146. The van der Waals surface area contributed by atoms with Gasteiger partial charge in [-0.3, -0.25) is 14.5 Å². The van der Waals surface area contributed by atoms with E-state index in [9.17, 15) is 9.59 Å². The van der Waals surface area contributed by atoms with E-state index in [4.69, 9.17) is 11.6 Å². The van der Waals surface area contributed by atoms with Gasteiger partial charge in [0.25, 0.3) is 5.91 Å². The summed E-state index contributed by atoms with van der Waals surface area (Å²) < 4.78 is 0. The highest BCUT2D eigenvalue weighted by Crippen LogP contribution is 2.22. The van der Waals surface area contributed by atoms with E-state index < -0.39 is 10.8 Å². The number of carbonyl (C=O) groups excluding carboxylic acids is 2. The number of imide groups is 1. The van der Waals surface area contributed by atoms with Crippen molar-refractivity contribution in [3.8, 4) is 0 Å². The second kappa shape index (κ2) is 3.73. The van der Waals surface area contributed by atoms with E-state index in [0.29, 0.717) is 6.42 Å². The minimum atomic E-state index is -0.605. The summed E-state index contributed by atoms with van der Waals surface area (Å²) in [6, 6.07) is 0. The standard InChI is InChI=1S/C10H14ClNO2/c1-10(2,3)9(14)12-6-4-5-7(11)8(12)13/h4,6-7H,5H2,1-3H3. The Balaban J connectivity index is 2.88. The molecule has 1 aliphatic heterocycles. The highest BCUT2D eigenvalue weighted by molar-refractivity contribution is 6.32. The maximum absolute atomic E-state index is 11.8. The minimum absolute atomic E-state index is 0.218. The van der Waals surface area contributed by atoms with E-state index in [2.05, 4.69) is 0 Å². The molecule has 0 saturated carbocycles. The number of amides is 2. The Morgan fingerprint density at radius 2 is 2.14 bits per heavy atom. The second-order valence-corrected chi connectivity index (χ2v) is 4.88. The first-order valence-electron chi connectivity index (χ1n) is 4.52. The molecule has 0 aliphatic carbocycles. The molecule has 0 aromatic carbocycles. The van der Waals surface area contributed by atoms with Crippen molar-refractivity contribution < 1.29 is 9.59 Å². The molecule has 0 bridgehead atoms. The molecule has 0 spiro atoms. The van der Waals surface area contributed by atoms with Gasteiger partial charge in [-0.05, 0) is 6.42 Å². The first-order chi connectivity index (χ1) is 6.34. The van der Waals surface area contributed by atoms with Crippen LogP contribution in [0.3, 0.4) is 0 Å². The van der Waals surface area contributed by atoms with Crippen LogP contribution in [0.5, 0.6) is 0 Å². The van der Waals surface area contributed by atoms with Gasteiger partial charge < -0.3 is 0 Å². The fourth-order valence-corrected chi connectivity index (χ4v) is 1.35. The van der Waals surface area contributed by atoms with Gasteiger partial charge in [-0.1, -0.05) is 26.8 Å². The summed E-state index contributed by atoms with van der Waals surface area (Å²) in [6.07, 6.45) is 3.74. The number of alkyl halides is 1. The number of hydrogen-bond donors (Lipinski definition) is 0. The highest BCUT2D eigenvalue weighted by atomic mass is 35.5. The van der Waals surface area contributed by atoms with Gasteiger partial charge in [-0.2, -0.15) is 0 Å². The normalized spacial score (nSPS) is 22.7. The average molecular weight is 216 g/mol. The van der Waals surface area contributed by atoms with E-state index in [-0.39, 0.29) is 11.8 Å². The largest absolute Gasteiger partial charge is 0.273 e. The summed E-state index contributed by atoms with van der Waals surface area (Å²) in [7, 11) is 0. The fraction of sp³-hybridized carbons (Fsp3) is 0.600. The number of nitrogens with zero attached hydrogens (tertiary/aromatic N) is 1. The van der Waals surface area contributed by atoms with Crippen molar-refractivity contribution in [2.75, 3.05) is 0 Å². The molecule has 78 valence electrons. The predicted molar refractivity (Wildman–Crippen MR) is 54.7 cm³/mol. The Morgan fingerprint density at radius 1 is 1.57 bits per heavy atom. The van der Waals surface area contributed by atoms with E-state index in [0.717, 1.165) is 4.90 Å². The molecule has 3 nitrogen and oxygen atoms in total. The first kappa shape index (κ1) is 11.2. The topological polar surface area (TPSA) is 37.4 Å². The molecule has 0 aromatic rings. The molecule has 0 aromatic heterocycles. The number of rotatable bonds is 0. The lowest BCUT2D eigenvalue weighted by atomic mass is 9.94. The van der Waals surface area contributed by atoms with Crippen LogP contribution >= 0.6 is 11.6 Å². The van der Waals surface area contributed by atoms with Gasteiger partial charge in [-0.25, -0.2) is 0 Å². The third-order valence-electron chi connectivity index (χ3n) is 1.96. The van der Waals surface area contributed by atoms with Gasteiger partial charge in [0.2, 0.25) is 5.91 Å². The van der Waals surface area contributed by atoms with Gasteiger partial charge in [0.05, 0.1) is 0 Å². The van der Waals surface area contributed by atoms with Crippen molar-refractivity contribution in [3.63, 3.8) is 0 Å². The van der Waals surface area contributed by atoms with Crippen LogP contribution < -0.4 is 0 Å². The molecule has 1 rings (SSSR count). The van der Waals surface area contributed by atoms with Crippen LogP contribution in [0.1, 0.15) is 27.2 Å². The van der Waals surface area contributed by atoms with Gasteiger partial charge in [-0.15, -0.1) is 11.6 Å². The summed E-state index contributed by atoms with van der Waals surface area (Å²) in [4.78, 5) is 24.4. The van der Waals surface area contributed by atoms with Crippen LogP contribution in [0.4, 0.5) is 0 Å². The molecule has 4 heteroatoms. The zero-order valence-corrected chi connectivity index (χ0v) is 9.34. The Bertz CT molecular complexity index is 291. The SMILES string of the molecule is CC(C)(C)C(=O)N1C=CCC(Cl)C1=O. The maximum atomic E-state index is 11.8. The lowest BCUT2D eigenvalue weighted by Gasteiger charge is -2.28. The second-order valence-electron chi connectivity index (χ2n) is 4.35. The summed E-state index contributed by atoms with van der Waals surface area (Å²) in [5.41, 5.74) is -0.562. The summed E-state index contributed by atoms with van der Waals surface area (Å²) >= 11 is 5.76. The number of hydrogen-bond acceptors (Lipinski definition) is 2. The first-order valence-corrected chi connectivity index (χ1v) is 4.96. The van der Waals surface area contributed by atoms with Crippen LogP contribution in [-0.4, -0.2) is 22.1 Å². The molecule has 0 fully saturated rings. The smallest absolute Gasteiger partial charge is 0.251 e. The van der Waals surface area contributed by atoms with Crippen LogP contribution in [0.15, 0.2) is 12.3 Å². The van der Waals surface area contributed by atoms with Gasteiger partial charge in [0.1, 0.15) is 5.38 Å². The molecule has 0 radical (unpaired) electrons. The monoisotopic (exact) mass is 215 g/mol. The van der Waals surface area contributed by atoms with E-state index in [1.54, 1.807) is 26.8 Å². The van der Waals surface area contributed by atoms with Crippen molar-refractivity contribution >= 4 is 23.4 Å². The molecule has 1 aliphatic rings. The third-order valence-corrected chi connectivity index (χ3v) is 2.33. The zero-order chi connectivity index (χ0) is 10.9. The minimum Gasteiger partial charge on any atom is -0.273 e. The number of halogens is 1. The van der Waals surface area contributed by atoms with Crippen molar-refractivity contribution in [2.45, 2.75) is 32.6 Å². The van der Waals surface area contributed by atoms with Crippen LogP contribution in [0, 0.1) is 5.41 Å². The molecule has 0 saturated heterocycles. The van der Waals surface area contributed by atoms with Crippen LogP contribution in [-0.2, 0) is 9.59 Å². The molecular formula is C10H14ClNO2. The van der Waals surface area contributed by atoms with E-state index >= 15 is 0 Å². The molecule has 1 unspecified atom stereocenters.